The number of ether oxygens (including phenoxy) is 1. The molecule has 0 atom stereocenters. The van der Waals surface area contributed by atoms with Crippen LogP contribution in [0.3, 0.4) is 0 Å². The SMILES string of the molecule is CCOCCCNc1cc(Cl)ccc1C#N. The molecule has 0 unspecified atom stereocenters. The fourth-order valence-electron chi connectivity index (χ4n) is 1.30. The maximum atomic E-state index is 8.89. The zero-order chi connectivity index (χ0) is 11.8. The van der Waals surface area contributed by atoms with Crippen molar-refractivity contribution in [3.8, 4) is 6.07 Å². The van der Waals surface area contributed by atoms with Crippen molar-refractivity contribution >= 4 is 17.3 Å². The van der Waals surface area contributed by atoms with Gasteiger partial charge in [-0.1, -0.05) is 11.6 Å². The molecule has 0 bridgehead atoms. The van der Waals surface area contributed by atoms with Crippen LogP contribution in [0.25, 0.3) is 0 Å². The summed E-state index contributed by atoms with van der Waals surface area (Å²) in [5.41, 5.74) is 1.40. The Bertz CT molecular complexity index is 374. The molecule has 0 aromatic heterocycles. The number of benzene rings is 1. The molecule has 0 saturated heterocycles. The molecule has 0 aliphatic heterocycles. The van der Waals surface area contributed by atoms with Crippen LogP contribution in [0, 0.1) is 11.3 Å². The number of hydrogen-bond acceptors (Lipinski definition) is 3. The first-order valence-electron chi connectivity index (χ1n) is 5.29. The van der Waals surface area contributed by atoms with E-state index < -0.39 is 0 Å². The summed E-state index contributed by atoms with van der Waals surface area (Å²) in [5.74, 6) is 0. The maximum Gasteiger partial charge on any atom is 0.101 e. The summed E-state index contributed by atoms with van der Waals surface area (Å²) < 4.78 is 5.22. The first kappa shape index (κ1) is 12.8. The van der Waals surface area contributed by atoms with Gasteiger partial charge in [0.2, 0.25) is 0 Å². The topological polar surface area (TPSA) is 45.0 Å². The van der Waals surface area contributed by atoms with E-state index in [9.17, 15) is 0 Å². The highest BCUT2D eigenvalue weighted by Gasteiger charge is 2.01. The minimum absolute atomic E-state index is 0.612. The molecular formula is C12H15ClN2O. The van der Waals surface area contributed by atoms with Crippen LogP contribution in [0.4, 0.5) is 5.69 Å². The third kappa shape index (κ3) is 4.09. The molecule has 1 rings (SSSR count). The molecule has 0 radical (unpaired) electrons. The quantitative estimate of drug-likeness (QED) is 0.775. The summed E-state index contributed by atoms with van der Waals surface area (Å²) in [6, 6.07) is 7.32. The van der Waals surface area contributed by atoms with Crippen LogP contribution in [-0.4, -0.2) is 19.8 Å². The van der Waals surface area contributed by atoms with Gasteiger partial charge < -0.3 is 10.1 Å². The third-order valence-corrected chi connectivity index (χ3v) is 2.32. The molecule has 86 valence electrons. The standard InChI is InChI=1S/C12H15ClN2O/c1-2-16-7-3-6-15-12-8-11(13)5-4-10(12)9-14/h4-5,8,15H,2-3,6-7H2,1H3. The number of rotatable bonds is 6. The Morgan fingerprint density at radius 3 is 3.00 bits per heavy atom. The largest absolute Gasteiger partial charge is 0.384 e. The van der Waals surface area contributed by atoms with Crippen molar-refractivity contribution < 1.29 is 4.74 Å². The van der Waals surface area contributed by atoms with Gasteiger partial charge in [-0.15, -0.1) is 0 Å². The normalized spacial score (nSPS) is 9.81. The molecule has 1 N–H and O–H groups in total. The van der Waals surface area contributed by atoms with Gasteiger partial charge in [0, 0.05) is 24.8 Å². The second-order valence-electron chi connectivity index (χ2n) is 3.28. The molecule has 0 spiro atoms. The molecule has 0 aliphatic carbocycles. The molecule has 3 nitrogen and oxygen atoms in total. The van der Waals surface area contributed by atoms with E-state index in [1.807, 2.05) is 6.92 Å². The molecule has 0 saturated carbocycles. The van der Waals surface area contributed by atoms with Crippen LogP contribution < -0.4 is 5.32 Å². The van der Waals surface area contributed by atoms with E-state index in [1.54, 1.807) is 18.2 Å². The Kier molecular flexibility index (Phi) is 5.69. The van der Waals surface area contributed by atoms with Crippen LogP contribution in [0.2, 0.25) is 5.02 Å². The highest BCUT2D eigenvalue weighted by Crippen LogP contribution is 2.20. The van der Waals surface area contributed by atoms with E-state index in [0.29, 0.717) is 10.6 Å². The first-order valence-corrected chi connectivity index (χ1v) is 5.67. The summed E-state index contributed by atoms with van der Waals surface area (Å²) in [6.07, 6.45) is 0.908. The first-order chi connectivity index (χ1) is 7.77. The number of halogens is 1. The van der Waals surface area contributed by atoms with E-state index >= 15 is 0 Å². The Balaban J connectivity index is 2.46. The van der Waals surface area contributed by atoms with Gasteiger partial charge in [-0.3, -0.25) is 0 Å². The molecule has 1 aromatic rings. The number of nitriles is 1. The summed E-state index contributed by atoms with van der Waals surface area (Å²) in [7, 11) is 0. The van der Waals surface area contributed by atoms with E-state index in [-0.39, 0.29) is 0 Å². The minimum Gasteiger partial charge on any atom is -0.384 e. The Hall–Kier alpha value is -1.24. The molecule has 16 heavy (non-hydrogen) atoms. The van der Waals surface area contributed by atoms with Crippen molar-refractivity contribution in [3.05, 3.63) is 28.8 Å². The molecule has 0 aliphatic rings. The number of nitrogens with zero attached hydrogens (tertiary/aromatic N) is 1. The van der Waals surface area contributed by atoms with Gasteiger partial charge in [0.25, 0.3) is 0 Å². The average molecular weight is 239 g/mol. The predicted octanol–water partition coefficient (Wildman–Crippen LogP) is 3.05. The lowest BCUT2D eigenvalue weighted by Gasteiger charge is -2.08. The molecule has 4 heteroatoms. The van der Waals surface area contributed by atoms with Crippen molar-refractivity contribution in [3.63, 3.8) is 0 Å². The van der Waals surface area contributed by atoms with Crippen molar-refractivity contribution in [1.82, 2.24) is 0 Å². The Morgan fingerprint density at radius 2 is 2.31 bits per heavy atom. The van der Waals surface area contributed by atoms with Gasteiger partial charge in [-0.2, -0.15) is 5.26 Å². The number of nitrogens with one attached hydrogen (secondary N) is 1. The van der Waals surface area contributed by atoms with Gasteiger partial charge in [0.05, 0.1) is 11.3 Å². The van der Waals surface area contributed by atoms with Crippen LogP contribution in [0.5, 0.6) is 0 Å². The van der Waals surface area contributed by atoms with Crippen LogP contribution in [0.15, 0.2) is 18.2 Å². The summed E-state index contributed by atoms with van der Waals surface area (Å²) in [4.78, 5) is 0. The Labute approximate surface area is 101 Å². The fraction of sp³-hybridized carbons (Fsp3) is 0.417. The summed E-state index contributed by atoms with van der Waals surface area (Å²) >= 11 is 5.86. The van der Waals surface area contributed by atoms with Gasteiger partial charge >= 0.3 is 0 Å². The second kappa shape index (κ2) is 7.10. The van der Waals surface area contributed by atoms with Crippen LogP contribution in [-0.2, 0) is 4.74 Å². The fourth-order valence-corrected chi connectivity index (χ4v) is 1.47. The van der Waals surface area contributed by atoms with Gasteiger partial charge in [-0.05, 0) is 31.5 Å². The lowest BCUT2D eigenvalue weighted by atomic mass is 10.2. The third-order valence-electron chi connectivity index (χ3n) is 2.09. The van der Waals surface area contributed by atoms with Crippen molar-refractivity contribution in [1.29, 1.82) is 5.26 Å². The lowest BCUT2D eigenvalue weighted by Crippen LogP contribution is -2.06. The monoisotopic (exact) mass is 238 g/mol. The Morgan fingerprint density at radius 1 is 1.50 bits per heavy atom. The minimum atomic E-state index is 0.612. The smallest absolute Gasteiger partial charge is 0.101 e. The predicted molar refractivity (Wildman–Crippen MR) is 65.8 cm³/mol. The van der Waals surface area contributed by atoms with Crippen molar-refractivity contribution in [2.75, 3.05) is 25.1 Å². The highest BCUT2D eigenvalue weighted by atomic mass is 35.5. The van der Waals surface area contributed by atoms with Crippen LogP contribution >= 0.6 is 11.6 Å². The second-order valence-corrected chi connectivity index (χ2v) is 3.72. The molecule has 0 fully saturated rings. The maximum absolute atomic E-state index is 8.89. The van der Waals surface area contributed by atoms with Gasteiger partial charge in [0.15, 0.2) is 0 Å². The van der Waals surface area contributed by atoms with Gasteiger partial charge in [-0.25, -0.2) is 0 Å². The zero-order valence-electron chi connectivity index (χ0n) is 9.29. The summed E-state index contributed by atoms with van der Waals surface area (Å²) in [5, 5.41) is 12.7. The van der Waals surface area contributed by atoms with Crippen molar-refractivity contribution in [2.45, 2.75) is 13.3 Å². The van der Waals surface area contributed by atoms with E-state index in [1.165, 1.54) is 0 Å². The molecule has 0 heterocycles. The average Bonchev–Trinajstić information content (AvgIpc) is 2.29. The zero-order valence-corrected chi connectivity index (χ0v) is 10.0. The lowest BCUT2D eigenvalue weighted by molar-refractivity contribution is 0.147. The van der Waals surface area contributed by atoms with Crippen molar-refractivity contribution in [2.24, 2.45) is 0 Å². The van der Waals surface area contributed by atoms with E-state index in [2.05, 4.69) is 11.4 Å². The number of anilines is 1. The summed E-state index contributed by atoms with van der Waals surface area (Å²) in [6.45, 7) is 4.21. The molecule has 1 aromatic carbocycles. The molecule has 0 amide bonds. The van der Waals surface area contributed by atoms with E-state index in [4.69, 9.17) is 21.6 Å². The van der Waals surface area contributed by atoms with Gasteiger partial charge in [0.1, 0.15) is 6.07 Å². The number of hydrogen-bond donors (Lipinski definition) is 1. The highest BCUT2D eigenvalue weighted by molar-refractivity contribution is 6.30. The van der Waals surface area contributed by atoms with Crippen LogP contribution in [0.1, 0.15) is 18.9 Å². The molecular weight excluding hydrogens is 224 g/mol. The van der Waals surface area contributed by atoms with E-state index in [0.717, 1.165) is 31.9 Å².